The molecule has 2 saturated heterocycles. The average Bonchev–Trinajstić information content (AvgIpc) is 3.18. The van der Waals surface area contributed by atoms with Crippen molar-refractivity contribution in [3.8, 4) is 0 Å². The number of nitrogens with zero attached hydrogens (tertiary/aromatic N) is 3. The van der Waals surface area contributed by atoms with Crippen LogP contribution in [-0.2, 0) is 9.59 Å². The van der Waals surface area contributed by atoms with Gasteiger partial charge in [-0.15, -0.1) is 0 Å². The van der Waals surface area contributed by atoms with Crippen LogP contribution in [0.1, 0.15) is 23.2 Å². The van der Waals surface area contributed by atoms with Crippen LogP contribution in [0.4, 0.5) is 0 Å². The first kappa shape index (κ1) is 15.3. The molecule has 0 bridgehead atoms. The summed E-state index contributed by atoms with van der Waals surface area (Å²) >= 11 is 0. The molecule has 7 nitrogen and oxygen atoms in total. The maximum Gasteiger partial charge on any atom is 0.254 e. The van der Waals surface area contributed by atoms with Crippen LogP contribution in [0.2, 0.25) is 0 Å². The second-order valence-electron chi connectivity index (χ2n) is 7.20. The van der Waals surface area contributed by atoms with Crippen LogP contribution in [0, 0.1) is 11.8 Å². The molecule has 132 valence electrons. The van der Waals surface area contributed by atoms with Gasteiger partial charge >= 0.3 is 0 Å². The lowest BCUT2D eigenvalue weighted by molar-refractivity contribution is -0.145. The van der Waals surface area contributed by atoms with Gasteiger partial charge in [0, 0.05) is 18.7 Å². The number of imide groups is 1. The maximum atomic E-state index is 12.7. The standard InChI is InChI=1S/C19H18N4O3/c24-17(11-5-6-15-16(7-11)21-10-20-15)22-8-12(9-22)23-18(25)13-3-1-2-4-14(13)19(23)26/h1-2,5-7,10,12-14H,3-4,8-9H2,(H,20,21). The molecule has 2 atom stereocenters. The molecule has 2 unspecified atom stereocenters. The zero-order valence-corrected chi connectivity index (χ0v) is 14.1. The largest absolute Gasteiger partial charge is 0.345 e. The lowest BCUT2D eigenvalue weighted by atomic mass is 9.85. The number of likely N-dealkylation sites (tertiary alicyclic amines) is 2. The molecule has 1 aromatic carbocycles. The fourth-order valence-corrected chi connectivity index (χ4v) is 4.22. The summed E-state index contributed by atoms with van der Waals surface area (Å²) in [7, 11) is 0. The number of H-pyrrole nitrogens is 1. The van der Waals surface area contributed by atoms with Gasteiger partial charge in [0.1, 0.15) is 0 Å². The highest BCUT2D eigenvalue weighted by Gasteiger charge is 2.52. The summed E-state index contributed by atoms with van der Waals surface area (Å²) in [6, 6.07) is 5.15. The number of aromatic nitrogens is 2. The van der Waals surface area contributed by atoms with E-state index in [1.807, 2.05) is 18.2 Å². The third-order valence-electron chi connectivity index (χ3n) is 5.72. The van der Waals surface area contributed by atoms with E-state index in [1.54, 1.807) is 23.4 Å². The van der Waals surface area contributed by atoms with Crippen molar-refractivity contribution in [3.05, 3.63) is 42.2 Å². The summed E-state index contributed by atoms with van der Waals surface area (Å²) in [5, 5.41) is 0. The van der Waals surface area contributed by atoms with E-state index in [1.165, 1.54) is 4.90 Å². The molecule has 1 aliphatic carbocycles. The Hall–Kier alpha value is -2.96. The van der Waals surface area contributed by atoms with Gasteiger partial charge in [-0.1, -0.05) is 12.2 Å². The number of hydrogen-bond acceptors (Lipinski definition) is 4. The van der Waals surface area contributed by atoms with Gasteiger partial charge in [0.2, 0.25) is 11.8 Å². The number of aromatic amines is 1. The first-order valence-electron chi connectivity index (χ1n) is 8.88. The molecular formula is C19H18N4O3. The van der Waals surface area contributed by atoms with Crippen molar-refractivity contribution in [3.63, 3.8) is 0 Å². The van der Waals surface area contributed by atoms with Gasteiger partial charge in [-0.2, -0.15) is 0 Å². The number of benzene rings is 1. The Morgan fingerprint density at radius 1 is 1.08 bits per heavy atom. The monoisotopic (exact) mass is 350 g/mol. The van der Waals surface area contributed by atoms with E-state index in [-0.39, 0.29) is 35.6 Å². The molecule has 5 rings (SSSR count). The molecule has 1 aromatic heterocycles. The highest BCUT2D eigenvalue weighted by molar-refractivity contribution is 6.06. The fraction of sp³-hybridized carbons (Fsp3) is 0.368. The van der Waals surface area contributed by atoms with Gasteiger partial charge in [0.15, 0.2) is 0 Å². The van der Waals surface area contributed by atoms with Crippen LogP contribution in [0.3, 0.4) is 0 Å². The molecule has 3 heterocycles. The van der Waals surface area contributed by atoms with Gasteiger partial charge in [-0.05, 0) is 31.0 Å². The normalized spacial score (nSPS) is 25.7. The highest BCUT2D eigenvalue weighted by Crippen LogP contribution is 2.37. The molecule has 0 spiro atoms. The second-order valence-corrected chi connectivity index (χ2v) is 7.20. The average molecular weight is 350 g/mol. The summed E-state index contributed by atoms with van der Waals surface area (Å²) < 4.78 is 0. The Morgan fingerprint density at radius 2 is 1.77 bits per heavy atom. The van der Waals surface area contributed by atoms with E-state index in [0.29, 0.717) is 31.5 Å². The topological polar surface area (TPSA) is 86.4 Å². The predicted octanol–water partition coefficient (Wildman–Crippen LogP) is 1.34. The van der Waals surface area contributed by atoms with Crippen LogP contribution in [0.5, 0.6) is 0 Å². The zero-order chi connectivity index (χ0) is 17.8. The van der Waals surface area contributed by atoms with Crippen LogP contribution in [0.25, 0.3) is 11.0 Å². The van der Waals surface area contributed by atoms with Crippen LogP contribution < -0.4 is 0 Å². The number of allylic oxidation sites excluding steroid dienone is 2. The van der Waals surface area contributed by atoms with Crippen molar-refractivity contribution in [2.24, 2.45) is 11.8 Å². The summed E-state index contributed by atoms with van der Waals surface area (Å²) in [5.41, 5.74) is 2.21. The van der Waals surface area contributed by atoms with Crippen LogP contribution in [-0.4, -0.2) is 56.6 Å². The van der Waals surface area contributed by atoms with E-state index in [2.05, 4.69) is 9.97 Å². The van der Waals surface area contributed by atoms with Gasteiger partial charge in [-0.3, -0.25) is 19.3 Å². The molecule has 26 heavy (non-hydrogen) atoms. The van der Waals surface area contributed by atoms with Crippen molar-refractivity contribution in [1.82, 2.24) is 19.8 Å². The molecule has 0 radical (unpaired) electrons. The molecule has 3 amide bonds. The number of fused-ring (bicyclic) bond motifs is 2. The van der Waals surface area contributed by atoms with Gasteiger partial charge in [0.05, 0.1) is 35.2 Å². The number of nitrogens with one attached hydrogen (secondary N) is 1. The van der Waals surface area contributed by atoms with Crippen LogP contribution in [0.15, 0.2) is 36.7 Å². The number of rotatable bonds is 2. The van der Waals surface area contributed by atoms with E-state index < -0.39 is 0 Å². The van der Waals surface area contributed by atoms with Crippen molar-refractivity contribution in [1.29, 1.82) is 0 Å². The molecule has 2 aliphatic heterocycles. The summed E-state index contributed by atoms with van der Waals surface area (Å²) in [5.74, 6) is -0.642. The fourth-order valence-electron chi connectivity index (χ4n) is 4.22. The molecule has 2 fully saturated rings. The number of imidazole rings is 1. The van der Waals surface area contributed by atoms with Crippen LogP contribution >= 0.6 is 0 Å². The van der Waals surface area contributed by atoms with Crippen molar-refractivity contribution < 1.29 is 14.4 Å². The Morgan fingerprint density at radius 3 is 2.46 bits per heavy atom. The first-order valence-corrected chi connectivity index (χ1v) is 8.88. The molecule has 3 aliphatic rings. The lowest BCUT2D eigenvalue weighted by Gasteiger charge is -2.43. The minimum absolute atomic E-state index is 0.0691. The van der Waals surface area contributed by atoms with E-state index in [4.69, 9.17) is 0 Å². The third kappa shape index (κ3) is 2.13. The highest BCUT2D eigenvalue weighted by atomic mass is 16.2. The quantitative estimate of drug-likeness (QED) is 0.654. The molecule has 2 aromatic rings. The smallest absolute Gasteiger partial charge is 0.254 e. The Balaban J connectivity index is 1.29. The van der Waals surface area contributed by atoms with Crippen molar-refractivity contribution >= 4 is 28.8 Å². The summed E-state index contributed by atoms with van der Waals surface area (Å²) in [6.07, 6.45) is 6.85. The summed E-state index contributed by atoms with van der Waals surface area (Å²) in [6.45, 7) is 0.814. The van der Waals surface area contributed by atoms with Crippen molar-refractivity contribution in [2.75, 3.05) is 13.1 Å². The Kier molecular flexibility index (Phi) is 3.25. The number of amides is 3. The molecular weight excluding hydrogens is 332 g/mol. The van der Waals surface area contributed by atoms with Gasteiger partial charge < -0.3 is 9.88 Å². The Bertz CT molecular complexity index is 931. The van der Waals surface area contributed by atoms with Gasteiger partial charge in [0.25, 0.3) is 5.91 Å². The Labute approximate surface area is 149 Å². The predicted molar refractivity (Wildman–Crippen MR) is 93.0 cm³/mol. The number of hydrogen-bond donors (Lipinski definition) is 1. The van der Waals surface area contributed by atoms with E-state index in [9.17, 15) is 14.4 Å². The lowest BCUT2D eigenvalue weighted by Crippen LogP contribution is -2.62. The molecule has 7 heteroatoms. The summed E-state index contributed by atoms with van der Waals surface area (Å²) in [4.78, 5) is 48.1. The molecule has 0 saturated carbocycles. The third-order valence-corrected chi connectivity index (χ3v) is 5.72. The van der Waals surface area contributed by atoms with Gasteiger partial charge in [-0.25, -0.2) is 4.98 Å². The zero-order valence-electron chi connectivity index (χ0n) is 14.1. The maximum absolute atomic E-state index is 12.7. The number of carbonyl (C=O) groups excluding carboxylic acids is 3. The number of carbonyl (C=O) groups is 3. The minimum atomic E-state index is -0.208. The minimum Gasteiger partial charge on any atom is -0.345 e. The molecule has 1 N–H and O–H groups in total. The van der Waals surface area contributed by atoms with E-state index >= 15 is 0 Å². The second kappa shape index (κ2) is 5.52. The van der Waals surface area contributed by atoms with Crippen molar-refractivity contribution in [2.45, 2.75) is 18.9 Å². The van der Waals surface area contributed by atoms with E-state index in [0.717, 1.165) is 11.0 Å². The SMILES string of the molecule is O=C(c1ccc2nc[nH]c2c1)N1CC(N2C(=O)C3CC=CCC3C2=O)C1. The first-order chi connectivity index (χ1) is 12.6.